The molecule has 0 aliphatic carbocycles. The van der Waals surface area contributed by atoms with Crippen molar-refractivity contribution < 1.29 is 9.66 Å². The summed E-state index contributed by atoms with van der Waals surface area (Å²) >= 11 is 5.87. The van der Waals surface area contributed by atoms with E-state index < -0.39 is 4.92 Å². The van der Waals surface area contributed by atoms with Gasteiger partial charge in [0.25, 0.3) is 5.69 Å². The molecule has 20 heavy (non-hydrogen) atoms. The van der Waals surface area contributed by atoms with Gasteiger partial charge in [0, 0.05) is 11.6 Å². The lowest BCUT2D eigenvalue weighted by Crippen LogP contribution is -2.09. The predicted molar refractivity (Wildman–Crippen MR) is 75.2 cm³/mol. The predicted octanol–water partition coefficient (Wildman–Crippen LogP) is 3.64. The summed E-state index contributed by atoms with van der Waals surface area (Å²) in [5, 5.41) is 11.0. The number of aryl methyl sites for hydroxylation is 1. The maximum atomic E-state index is 10.9. The summed E-state index contributed by atoms with van der Waals surface area (Å²) in [7, 11) is 0. The number of benzene rings is 1. The molecule has 0 fully saturated rings. The van der Waals surface area contributed by atoms with Crippen molar-refractivity contribution in [1.82, 2.24) is 4.98 Å². The minimum atomic E-state index is -0.479. The standard InChI is InChI=1S/C14H11ClN2O3/c15-13-8-10(17(18)19)7-12(16-13)11-5-1-3-9-4-2-6-20-14(9)11/h1,3,5,7-8H,2,4,6H2. The first-order valence-corrected chi connectivity index (χ1v) is 6.60. The average Bonchev–Trinajstić information content (AvgIpc) is 2.46. The van der Waals surface area contributed by atoms with Gasteiger partial charge in [-0.3, -0.25) is 10.1 Å². The normalized spacial score (nSPS) is 13.4. The molecule has 1 aromatic heterocycles. The van der Waals surface area contributed by atoms with Crippen LogP contribution in [0.4, 0.5) is 5.69 Å². The number of pyridine rings is 1. The first-order valence-electron chi connectivity index (χ1n) is 6.22. The lowest BCUT2D eigenvalue weighted by molar-refractivity contribution is -0.384. The first kappa shape index (κ1) is 12.9. The number of ether oxygens (including phenoxy) is 1. The molecule has 0 unspecified atom stereocenters. The molecule has 5 nitrogen and oxygen atoms in total. The fourth-order valence-electron chi connectivity index (χ4n) is 2.32. The highest BCUT2D eigenvalue weighted by molar-refractivity contribution is 6.29. The smallest absolute Gasteiger partial charge is 0.274 e. The molecule has 102 valence electrons. The van der Waals surface area contributed by atoms with E-state index in [1.807, 2.05) is 18.2 Å². The van der Waals surface area contributed by atoms with Crippen molar-refractivity contribution in [3.05, 3.63) is 51.2 Å². The third kappa shape index (κ3) is 2.32. The third-order valence-electron chi connectivity index (χ3n) is 3.20. The van der Waals surface area contributed by atoms with E-state index in [9.17, 15) is 10.1 Å². The van der Waals surface area contributed by atoms with Crippen LogP contribution in [0.25, 0.3) is 11.3 Å². The Hall–Kier alpha value is -2.14. The van der Waals surface area contributed by atoms with Crippen molar-refractivity contribution in [3.63, 3.8) is 0 Å². The van der Waals surface area contributed by atoms with Gasteiger partial charge in [-0.05, 0) is 24.5 Å². The van der Waals surface area contributed by atoms with E-state index in [0.29, 0.717) is 12.3 Å². The summed E-state index contributed by atoms with van der Waals surface area (Å²) in [6, 6.07) is 8.39. The average molecular weight is 291 g/mol. The number of para-hydroxylation sites is 1. The quantitative estimate of drug-likeness (QED) is 0.481. The van der Waals surface area contributed by atoms with Gasteiger partial charge in [-0.25, -0.2) is 4.98 Å². The summed E-state index contributed by atoms with van der Waals surface area (Å²) in [5.41, 5.74) is 2.22. The Kier molecular flexibility index (Phi) is 3.28. The molecule has 2 aromatic rings. The van der Waals surface area contributed by atoms with Crippen molar-refractivity contribution in [2.75, 3.05) is 6.61 Å². The molecule has 0 saturated carbocycles. The largest absolute Gasteiger partial charge is 0.493 e. The zero-order valence-electron chi connectivity index (χ0n) is 10.5. The van der Waals surface area contributed by atoms with Gasteiger partial charge in [-0.1, -0.05) is 23.7 Å². The molecule has 0 amide bonds. The van der Waals surface area contributed by atoms with Crippen molar-refractivity contribution in [3.8, 4) is 17.0 Å². The van der Waals surface area contributed by atoms with Crippen LogP contribution < -0.4 is 4.74 Å². The first-order chi connectivity index (χ1) is 9.65. The van der Waals surface area contributed by atoms with E-state index in [2.05, 4.69) is 4.98 Å². The van der Waals surface area contributed by atoms with Crippen molar-refractivity contribution in [2.45, 2.75) is 12.8 Å². The van der Waals surface area contributed by atoms with Crippen LogP contribution >= 0.6 is 11.6 Å². The summed E-state index contributed by atoms with van der Waals surface area (Å²) < 4.78 is 5.70. The van der Waals surface area contributed by atoms with Crippen molar-refractivity contribution in [2.24, 2.45) is 0 Å². The molecule has 3 rings (SSSR count). The molecular weight excluding hydrogens is 280 g/mol. The second kappa shape index (κ2) is 5.09. The Bertz CT molecular complexity index is 688. The maximum absolute atomic E-state index is 10.9. The van der Waals surface area contributed by atoms with Crippen LogP contribution in [0, 0.1) is 10.1 Å². The van der Waals surface area contributed by atoms with Crippen LogP contribution in [0.15, 0.2) is 30.3 Å². The molecule has 1 aromatic carbocycles. The maximum Gasteiger partial charge on any atom is 0.274 e. The molecule has 0 radical (unpaired) electrons. The second-order valence-corrected chi connectivity index (χ2v) is 4.92. The van der Waals surface area contributed by atoms with Gasteiger partial charge in [0.1, 0.15) is 10.9 Å². The summed E-state index contributed by atoms with van der Waals surface area (Å²) in [6.45, 7) is 0.646. The lowest BCUT2D eigenvalue weighted by Gasteiger charge is -2.20. The van der Waals surface area contributed by atoms with Gasteiger partial charge in [0.15, 0.2) is 0 Å². The number of halogens is 1. The van der Waals surface area contributed by atoms with Gasteiger partial charge in [0.05, 0.1) is 23.3 Å². The van der Waals surface area contributed by atoms with E-state index in [1.165, 1.54) is 12.1 Å². The number of hydrogen-bond donors (Lipinski definition) is 0. The minimum absolute atomic E-state index is 0.0755. The molecule has 0 spiro atoms. The van der Waals surface area contributed by atoms with Crippen molar-refractivity contribution in [1.29, 1.82) is 0 Å². The van der Waals surface area contributed by atoms with Crippen LogP contribution in [0.2, 0.25) is 5.15 Å². The Morgan fingerprint density at radius 3 is 3.00 bits per heavy atom. The lowest BCUT2D eigenvalue weighted by atomic mass is 10.0. The highest BCUT2D eigenvalue weighted by Crippen LogP contribution is 2.36. The van der Waals surface area contributed by atoms with Crippen LogP contribution in [0.3, 0.4) is 0 Å². The number of aromatic nitrogens is 1. The summed E-state index contributed by atoms with van der Waals surface area (Å²) in [5.74, 6) is 0.753. The topological polar surface area (TPSA) is 65.3 Å². The fourth-order valence-corrected chi connectivity index (χ4v) is 2.52. The van der Waals surface area contributed by atoms with Gasteiger partial charge < -0.3 is 4.74 Å². The van der Waals surface area contributed by atoms with Gasteiger partial charge >= 0.3 is 0 Å². The molecule has 1 aliphatic rings. The van der Waals surface area contributed by atoms with E-state index in [1.54, 1.807) is 0 Å². The number of hydrogen-bond acceptors (Lipinski definition) is 4. The van der Waals surface area contributed by atoms with Crippen molar-refractivity contribution >= 4 is 17.3 Å². The molecule has 2 heterocycles. The Balaban J connectivity index is 2.16. The zero-order valence-corrected chi connectivity index (χ0v) is 11.3. The molecule has 1 aliphatic heterocycles. The monoisotopic (exact) mass is 290 g/mol. The van der Waals surface area contributed by atoms with Crippen LogP contribution in [0.5, 0.6) is 5.75 Å². The molecule has 0 saturated heterocycles. The van der Waals surface area contributed by atoms with Crippen LogP contribution in [-0.2, 0) is 6.42 Å². The van der Waals surface area contributed by atoms with Crippen LogP contribution in [-0.4, -0.2) is 16.5 Å². The van der Waals surface area contributed by atoms with Gasteiger partial charge in [-0.15, -0.1) is 0 Å². The van der Waals surface area contributed by atoms with E-state index in [0.717, 1.165) is 29.7 Å². The fraction of sp³-hybridized carbons (Fsp3) is 0.214. The number of nitro groups is 1. The van der Waals surface area contributed by atoms with E-state index in [-0.39, 0.29) is 10.8 Å². The van der Waals surface area contributed by atoms with Crippen LogP contribution in [0.1, 0.15) is 12.0 Å². The highest BCUT2D eigenvalue weighted by atomic mass is 35.5. The zero-order chi connectivity index (χ0) is 14.1. The third-order valence-corrected chi connectivity index (χ3v) is 3.39. The molecule has 0 atom stereocenters. The van der Waals surface area contributed by atoms with E-state index >= 15 is 0 Å². The number of rotatable bonds is 2. The highest BCUT2D eigenvalue weighted by Gasteiger charge is 2.19. The van der Waals surface area contributed by atoms with Gasteiger partial charge in [-0.2, -0.15) is 0 Å². The second-order valence-electron chi connectivity index (χ2n) is 4.54. The minimum Gasteiger partial charge on any atom is -0.493 e. The summed E-state index contributed by atoms with van der Waals surface area (Å²) in [6.07, 6.45) is 1.91. The Morgan fingerprint density at radius 2 is 2.20 bits per heavy atom. The molecule has 0 bridgehead atoms. The Labute approximate surface area is 120 Å². The molecule has 6 heteroatoms. The number of nitrogens with zero attached hydrogens (tertiary/aromatic N) is 2. The van der Waals surface area contributed by atoms with E-state index in [4.69, 9.17) is 16.3 Å². The van der Waals surface area contributed by atoms with Gasteiger partial charge in [0.2, 0.25) is 0 Å². The molecular formula is C14H11ClN2O3. The number of fused-ring (bicyclic) bond motifs is 1. The Morgan fingerprint density at radius 1 is 1.35 bits per heavy atom. The SMILES string of the molecule is O=[N+]([O-])c1cc(Cl)nc(-c2cccc3c2OCCC3)c1. The molecule has 0 N–H and O–H groups in total. The summed E-state index contributed by atoms with van der Waals surface area (Å²) in [4.78, 5) is 14.6.